The van der Waals surface area contributed by atoms with E-state index in [9.17, 15) is 9.90 Å². The van der Waals surface area contributed by atoms with E-state index in [2.05, 4.69) is 30.8 Å². The van der Waals surface area contributed by atoms with Crippen LogP contribution in [-0.2, 0) is 0 Å². The molecule has 0 atom stereocenters. The lowest BCUT2D eigenvalue weighted by atomic mass is 9.99. The number of benzene rings is 3. The lowest BCUT2D eigenvalue weighted by Gasteiger charge is -2.08. The molecule has 0 bridgehead atoms. The molecule has 0 aliphatic carbocycles. The van der Waals surface area contributed by atoms with Crippen LogP contribution in [0.1, 0.15) is 22.4 Å². The Bertz CT molecular complexity index is 1590. The zero-order chi connectivity index (χ0) is 24.5. The van der Waals surface area contributed by atoms with Gasteiger partial charge in [0.05, 0.1) is 17.1 Å². The molecule has 9 nitrogen and oxygen atoms in total. The van der Waals surface area contributed by atoms with Gasteiger partial charge in [-0.05, 0) is 67.0 Å². The number of hydrogen-bond donors (Lipinski definition) is 2. The maximum Gasteiger partial charge on any atom is 0.299 e. The fourth-order valence-electron chi connectivity index (χ4n) is 3.88. The summed E-state index contributed by atoms with van der Waals surface area (Å²) in [6.07, 6.45) is 0. The highest BCUT2D eigenvalue weighted by atomic mass is 16.3. The van der Waals surface area contributed by atoms with Gasteiger partial charge in [0.1, 0.15) is 12.2 Å². The highest BCUT2D eigenvalue weighted by molar-refractivity contribution is 6.03. The molecule has 35 heavy (non-hydrogen) atoms. The van der Waals surface area contributed by atoms with Crippen molar-refractivity contribution in [2.45, 2.75) is 20.8 Å². The number of phenolic OH excluding ortho intramolecular Hbond substituents is 1. The monoisotopic (exact) mass is 465 g/mol. The zero-order valence-corrected chi connectivity index (χ0v) is 19.5. The first kappa shape index (κ1) is 22.1. The molecule has 2 heterocycles. The van der Waals surface area contributed by atoms with Gasteiger partial charge in [0.25, 0.3) is 5.56 Å². The second-order valence-electron chi connectivity index (χ2n) is 8.38. The molecule has 0 spiro atoms. The summed E-state index contributed by atoms with van der Waals surface area (Å²) in [4.78, 5) is 13.0. The van der Waals surface area contributed by atoms with E-state index in [1.165, 1.54) is 4.68 Å². The van der Waals surface area contributed by atoms with E-state index in [-0.39, 0.29) is 22.7 Å². The minimum Gasteiger partial charge on any atom is -0.505 e. The molecule has 1 aliphatic heterocycles. The van der Waals surface area contributed by atoms with Gasteiger partial charge in [-0.3, -0.25) is 9.89 Å². The fourth-order valence-corrected chi connectivity index (χ4v) is 3.88. The van der Waals surface area contributed by atoms with Crippen LogP contribution in [0.25, 0.3) is 16.8 Å². The van der Waals surface area contributed by atoms with E-state index in [4.69, 9.17) is 0 Å². The summed E-state index contributed by atoms with van der Waals surface area (Å²) < 4.78 is 1.45. The smallest absolute Gasteiger partial charge is 0.299 e. The van der Waals surface area contributed by atoms with Crippen LogP contribution in [0, 0.1) is 20.8 Å². The summed E-state index contributed by atoms with van der Waals surface area (Å²) in [6.45, 7) is 6.21. The number of aryl methyl sites for hydroxylation is 3. The molecule has 3 aromatic carbocycles. The summed E-state index contributed by atoms with van der Waals surface area (Å²) in [5.74, 6) is -0.0289. The van der Waals surface area contributed by atoms with Crippen LogP contribution < -0.4 is 5.56 Å². The molecule has 174 valence electrons. The van der Waals surface area contributed by atoms with Crippen LogP contribution in [0.2, 0.25) is 0 Å². The standard InChI is InChI=1S/C26H23N7O2/c1-15-10-11-20(12-16(15)2)33-26(35)24(17(3)31-33)30-28-22-9-5-8-21(25(22)34)18-6-4-7-19(13-18)23-14-27-32-29-23/h4-13,31,34H,14H2,1-3H3. The van der Waals surface area contributed by atoms with Gasteiger partial charge in [0.2, 0.25) is 0 Å². The van der Waals surface area contributed by atoms with E-state index in [0.29, 0.717) is 17.8 Å². The molecule has 2 N–H and O–H groups in total. The second kappa shape index (κ2) is 8.94. The third kappa shape index (κ3) is 4.19. The third-order valence-corrected chi connectivity index (χ3v) is 6.02. The number of aromatic amines is 1. The van der Waals surface area contributed by atoms with Crippen molar-refractivity contribution in [2.24, 2.45) is 25.7 Å². The van der Waals surface area contributed by atoms with Crippen molar-refractivity contribution in [1.82, 2.24) is 9.78 Å². The third-order valence-electron chi connectivity index (χ3n) is 6.02. The van der Waals surface area contributed by atoms with E-state index in [1.54, 1.807) is 25.1 Å². The summed E-state index contributed by atoms with van der Waals surface area (Å²) in [7, 11) is 0. The molecule has 4 aromatic rings. The van der Waals surface area contributed by atoms with Crippen LogP contribution in [0.3, 0.4) is 0 Å². The average molecular weight is 466 g/mol. The average Bonchev–Trinajstić information content (AvgIpc) is 3.49. The highest BCUT2D eigenvalue weighted by Crippen LogP contribution is 2.38. The summed E-state index contributed by atoms with van der Waals surface area (Å²) in [5.41, 5.74) is 6.69. The van der Waals surface area contributed by atoms with Crippen molar-refractivity contribution in [3.05, 3.63) is 93.4 Å². The molecule has 1 aromatic heterocycles. The Kier molecular flexibility index (Phi) is 5.66. The predicted molar refractivity (Wildman–Crippen MR) is 135 cm³/mol. The van der Waals surface area contributed by atoms with Crippen molar-refractivity contribution in [3.8, 4) is 22.6 Å². The van der Waals surface area contributed by atoms with Gasteiger partial charge in [-0.25, -0.2) is 4.68 Å². The first-order valence-electron chi connectivity index (χ1n) is 11.1. The van der Waals surface area contributed by atoms with Crippen LogP contribution in [0.4, 0.5) is 11.4 Å². The van der Waals surface area contributed by atoms with Crippen molar-refractivity contribution >= 4 is 17.1 Å². The first-order chi connectivity index (χ1) is 16.9. The Morgan fingerprint density at radius 1 is 0.943 bits per heavy atom. The van der Waals surface area contributed by atoms with E-state index < -0.39 is 0 Å². The maximum absolute atomic E-state index is 13.0. The van der Waals surface area contributed by atoms with Crippen LogP contribution in [0.15, 0.2) is 91.1 Å². The molecule has 0 saturated heterocycles. The molecule has 9 heteroatoms. The number of rotatable bonds is 5. The van der Waals surface area contributed by atoms with Crippen molar-refractivity contribution in [1.29, 1.82) is 0 Å². The Balaban J connectivity index is 1.48. The van der Waals surface area contributed by atoms with Crippen molar-refractivity contribution in [3.63, 3.8) is 0 Å². The number of nitrogens with one attached hydrogen (secondary N) is 1. The molecule has 0 amide bonds. The number of aromatic nitrogens is 2. The quantitative estimate of drug-likeness (QED) is 0.349. The molecule has 1 aliphatic rings. The number of azo groups is 1. The van der Waals surface area contributed by atoms with Crippen LogP contribution in [-0.4, -0.2) is 27.1 Å². The summed E-state index contributed by atoms with van der Waals surface area (Å²) >= 11 is 0. The zero-order valence-electron chi connectivity index (χ0n) is 19.5. The van der Waals surface area contributed by atoms with E-state index in [0.717, 1.165) is 33.7 Å². The SMILES string of the molecule is Cc1ccc(-n2[nH]c(C)c(N=Nc3cccc(-c4cccc(C5=NN=NC5)c4)c3O)c2=O)cc1C. The molecule has 0 saturated carbocycles. The molecular weight excluding hydrogens is 442 g/mol. The number of nitrogens with zero attached hydrogens (tertiary/aromatic N) is 6. The predicted octanol–water partition coefficient (Wildman–Crippen LogP) is 6.05. The Morgan fingerprint density at radius 2 is 1.74 bits per heavy atom. The Hall–Kier alpha value is -4.66. The van der Waals surface area contributed by atoms with Gasteiger partial charge in [-0.15, -0.1) is 15.3 Å². The normalized spacial score (nSPS) is 13.1. The highest BCUT2D eigenvalue weighted by Gasteiger charge is 2.15. The maximum atomic E-state index is 13.0. The van der Waals surface area contributed by atoms with Crippen molar-refractivity contribution < 1.29 is 5.11 Å². The fraction of sp³-hybridized carbons (Fsp3) is 0.154. The second-order valence-corrected chi connectivity index (χ2v) is 8.38. The topological polar surface area (TPSA) is 120 Å². The lowest BCUT2D eigenvalue weighted by Crippen LogP contribution is -2.14. The lowest BCUT2D eigenvalue weighted by molar-refractivity contribution is 0.478. The summed E-state index contributed by atoms with van der Waals surface area (Å²) in [5, 5.41) is 34.0. The number of aromatic hydroxyl groups is 1. The van der Waals surface area contributed by atoms with Gasteiger partial charge in [0, 0.05) is 11.1 Å². The van der Waals surface area contributed by atoms with Gasteiger partial charge < -0.3 is 5.11 Å². The number of phenols is 1. The minimum absolute atomic E-state index is 0.0289. The number of para-hydroxylation sites is 1. The van der Waals surface area contributed by atoms with E-state index in [1.807, 2.05) is 56.3 Å². The van der Waals surface area contributed by atoms with Crippen LogP contribution >= 0.6 is 0 Å². The molecule has 0 unspecified atom stereocenters. The van der Waals surface area contributed by atoms with Gasteiger partial charge >= 0.3 is 0 Å². The summed E-state index contributed by atoms with van der Waals surface area (Å²) in [6, 6.07) is 18.6. The number of hydrogen-bond acceptors (Lipinski definition) is 7. The molecular formula is C26H23N7O2. The number of H-pyrrole nitrogens is 1. The van der Waals surface area contributed by atoms with Gasteiger partial charge in [0.15, 0.2) is 11.4 Å². The van der Waals surface area contributed by atoms with Crippen molar-refractivity contribution in [2.75, 3.05) is 6.54 Å². The largest absolute Gasteiger partial charge is 0.505 e. The van der Waals surface area contributed by atoms with Gasteiger partial charge in [-0.1, -0.05) is 36.4 Å². The minimum atomic E-state index is -0.314. The van der Waals surface area contributed by atoms with Crippen LogP contribution in [0.5, 0.6) is 5.75 Å². The molecule has 0 fully saturated rings. The molecule has 5 rings (SSSR count). The molecule has 0 radical (unpaired) electrons. The Morgan fingerprint density at radius 3 is 2.51 bits per heavy atom. The first-order valence-corrected chi connectivity index (χ1v) is 11.1. The van der Waals surface area contributed by atoms with E-state index >= 15 is 0 Å². The van der Waals surface area contributed by atoms with Gasteiger partial charge in [-0.2, -0.15) is 5.11 Å². The Labute approximate surface area is 201 Å².